The fourth-order valence-corrected chi connectivity index (χ4v) is 4.30. The molecule has 0 saturated heterocycles. The highest BCUT2D eigenvalue weighted by Crippen LogP contribution is 2.32. The summed E-state index contributed by atoms with van der Waals surface area (Å²) >= 11 is 0. The molecule has 0 aliphatic heterocycles. The molecule has 0 saturated carbocycles. The summed E-state index contributed by atoms with van der Waals surface area (Å²) in [6, 6.07) is 18.1. The Kier molecular flexibility index (Phi) is 12.3. The van der Waals surface area contributed by atoms with Gasteiger partial charge in [-0.2, -0.15) is 0 Å². The monoisotopic (exact) mass is 442 g/mol. The summed E-state index contributed by atoms with van der Waals surface area (Å²) < 4.78 is 0. The van der Waals surface area contributed by atoms with Crippen LogP contribution < -0.4 is 0 Å². The van der Waals surface area contributed by atoms with Crippen LogP contribution in [0.25, 0.3) is 11.1 Å². The zero-order chi connectivity index (χ0) is 23.9. The van der Waals surface area contributed by atoms with Gasteiger partial charge in [-0.05, 0) is 78.8 Å². The lowest BCUT2D eigenvalue weighted by atomic mass is 9.88. The van der Waals surface area contributed by atoms with Gasteiger partial charge in [0.1, 0.15) is 0 Å². The first-order valence-corrected chi connectivity index (χ1v) is 13.0. The van der Waals surface area contributed by atoms with Crippen molar-refractivity contribution in [2.45, 2.75) is 98.3 Å². The van der Waals surface area contributed by atoms with Gasteiger partial charge in [0.25, 0.3) is 0 Å². The molecule has 0 N–H and O–H groups in total. The molecule has 0 spiro atoms. The molecule has 0 fully saturated rings. The second kappa shape index (κ2) is 15.2. The van der Waals surface area contributed by atoms with Gasteiger partial charge in [-0.15, -0.1) is 4.79 Å². The molecule has 0 bridgehead atoms. The zero-order valence-electron chi connectivity index (χ0n) is 21.3. The lowest BCUT2D eigenvalue weighted by Gasteiger charge is -2.15. The number of benzene rings is 2. The van der Waals surface area contributed by atoms with E-state index in [0.717, 1.165) is 43.3 Å². The summed E-state index contributed by atoms with van der Waals surface area (Å²) in [6.07, 6.45) is 12.9. The summed E-state index contributed by atoms with van der Waals surface area (Å²) in [5, 5.41) is 0. The van der Waals surface area contributed by atoms with E-state index in [2.05, 4.69) is 86.9 Å². The van der Waals surface area contributed by atoms with E-state index in [1.807, 2.05) is 0 Å². The predicted octanol–water partition coefficient (Wildman–Crippen LogP) is 8.99. The Balaban J connectivity index is 2.44. The number of nitrogens with zero attached hydrogens (tertiary/aromatic N) is 2. The topological polar surface area (TPSA) is 36.4 Å². The van der Waals surface area contributed by atoms with Crippen LogP contribution in [-0.4, -0.2) is 10.7 Å². The van der Waals surface area contributed by atoms with Crippen LogP contribution in [0.3, 0.4) is 0 Å². The quantitative estimate of drug-likeness (QED) is 0.0920. The number of aryl methyl sites for hydroxylation is 2. The number of unbranched alkanes of at least 4 members (excludes halogenated alkanes) is 5. The third kappa shape index (κ3) is 8.65. The highest BCUT2D eigenvalue weighted by molar-refractivity contribution is 5.86. The lowest BCUT2D eigenvalue weighted by Crippen LogP contribution is -1.98. The Morgan fingerprint density at radius 2 is 1.21 bits per heavy atom. The fourth-order valence-electron chi connectivity index (χ4n) is 4.30. The molecular formula is C31H42N2. The highest BCUT2D eigenvalue weighted by Gasteiger charge is 2.15. The summed E-state index contributed by atoms with van der Waals surface area (Å²) in [6.45, 7) is 8.81. The van der Waals surface area contributed by atoms with Crippen LogP contribution in [0, 0.1) is 0 Å². The smallest absolute Gasteiger partial charge is 0.303 e. The summed E-state index contributed by atoms with van der Waals surface area (Å²) in [7, 11) is 0. The maximum atomic E-state index is 9.25. The van der Waals surface area contributed by atoms with Crippen molar-refractivity contribution in [3.63, 3.8) is 0 Å². The van der Waals surface area contributed by atoms with Crippen molar-refractivity contribution < 1.29 is 4.79 Å². The van der Waals surface area contributed by atoms with Gasteiger partial charge in [-0.25, -0.2) is 0 Å². The van der Waals surface area contributed by atoms with E-state index < -0.39 is 0 Å². The van der Waals surface area contributed by atoms with Crippen molar-refractivity contribution in [3.05, 3.63) is 87.5 Å². The van der Waals surface area contributed by atoms with Crippen LogP contribution in [-0.2, 0) is 12.8 Å². The molecule has 2 heteroatoms. The van der Waals surface area contributed by atoms with Crippen molar-refractivity contribution >= 4 is 11.4 Å². The van der Waals surface area contributed by atoms with Crippen molar-refractivity contribution in [1.29, 1.82) is 0 Å². The van der Waals surface area contributed by atoms with Gasteiger partial charge in [0.15, 0.2) is 0 Å². The second-order valence-corrected chi connectivity index (χ2v) is 9.10. The van der Waals surface area contributed by atoms with E-state index in [0.29, 0.717) is 0 Å². The minimum absolute atomic E-state index is 0.861. The minimum atomic E-state index is 0.861. The molecule has 2 rings (SSSR count). The normalized spacial score (nSPS) is 11.5. The Morgan fingerprint density at radius 3 is 1.70 bits per heavy atom. The maximum absolute atomic E-state index is 9.25. The van der Waals surface area contributed by atoms with E-state index in [4.69, 9.17) is 0 Å². The first-order chi connectivity index (χ1) is 16.1. The zero-order valence-corrected chi connectivity index (χ0v) is 21.3. The Morgan fingerprint density at radius 1 is 0.697 bits per heavy atom. The van der Waals surface area contributed by atoms with Crippen molar-refractivity contribution in [1.82, 2.24) is 0 Å². The fraction of sp³-hybridized carbons (Fsp3) is 0.484. The van der Waals surface area contributed by atoms with Crippen molar-refractivity contribution in [2.75, 3.05) is 0 Å². The average molecular weight is 443 g/mol. The molecule has 0 unspecified atom stereocenters. The second-order valence-electron chi connectivity index (χ2n) is 9.10. The van der Waals surface area contributed by atoms with Crippen molar-refractivity contribution in [2.24, 2.45) is 0 Å². The van der Waals surface area contributed by atoms with Gasteiger partial charge in [-0.3, -0.25) is 0 Å². The molecule has 2 nitrogen and oxygen atoms in total. The molecule has 0 aliphatic rings. The molecule has 33 heavy (non-hydrogen) atoms. The Bertz CT molecular complexity index is 951. The Labute approximate surface area is 202 Å². The van der Waals surface area contributed by atoms with E-state index in [9.17, 15) is 5.53 Å². The molecule has 176 valence electrons. The number of allylic oxidation sites excluding steroid dienone is 2. The first-order valence-electron chi connectivity index (χ1n) is 13.0. The molecule has 0 atom stereocenters. The number of hydrogen-bond acceptors (Lipinski definition) is 0. The number of hydrogen-bond donors (Lipinski definition) is 0. The van der Waals surface area contributed by atoms with Gasteiger partial charge in [-0.1, -0.05) is 101 Å². The molecule has 2 aromatic rings. The summed E-state index contributed by atoms with van der Waals surface area (Å²) in [5.41, 5.74) is 17.8. The van der Waals surface area contributed by atoms with E-state index in [1.165, 1.54) is 66.4 Å². The van der Waals surface area contributed by atoms with Crippen LogP contribution in [0.5, 0.6) is 0 Å². The maximum Gasteiger partial charge on any atom is 0.303 e. The van der Waals surface area contributed by atoms with Gasteiger partial charge in [0.2, 0.25) is 0 Å². The molecule has 2 aromatic carbocycles. The van der Waals surface area contributed by atoms with Gasteiger partial charge >= 0.3 is 5.87 Å². The molecule has 0 heterocycles. The lowest BCUT2D eigenvalue weighted by molar-refractivity contribution is 0.00741. The van der Waals surface area contributed by atoms with Gasteiger partial charge in [0.05, 0.1) is 5.57 Å². The third-order valence-electron chi connectivity index (χ3n) is 6.42. The highest BCUT2D eigenvalue weighted by atomic mass is 14.8. The minimum Gasteiger partial charge on any atom is -0.348 e. The molecule has 0 aromatic heterocycles. The molecule has 0 amide bonds. The molecular weight excluding hydrogens is 400 g/mol. The first kappa shape index (κ1) is 26.6. The standard InChI is InChI=1S/C31H42N2/c1-5-8-11-12-14-27-18-22-29(23-19-27)31(25(4)30(24-33-32)15-10-7-3)28-20-16-26(17-21-28)13-9-6-2/h16-23H,5-15H2,1-4H3. The van der Waals surface area contributed by atoms with E-state index in [1.54, 1.807) is 0 Å². The predicted molar refractivity (Wildman–Crippen MR) is 143 cm³/mol. The van der Waals surface area contributed by atoms with E-state index >= 15 is 0 Å². The average Bonchev–Trinajstić information content (AvgIpc) is 2.85. The largest absolute Gasteiger partial charge is 0.348 e. The number of rotatable bonds is 14. The van der Waals surface area contributed by atoms with Gasteiger partial charge in [0, 0.05) is 0 Å². The molecule has 0 radical (unpaired) electrons. The van der Waals surface area contributed by atoms with Crippen LogP contribution in [0.4, 0.5) is 0 Å². The van der Waals surface area contributed by atoms with Crippen LogP contribution in [0.2, 0.25) is 0 Å². The van der Waals surface area contributed by atoms with Gasteiger partial charge < -0.3 is 5.53 Å². The Hall–Kier alpha value is -2.66. The summed E-state index contributed by atoms with van der Waals surface area (Å²) in [4.78, 5) is 3.27. The van der Waals surface area contributed by atoms with E-state index in [-0.39, 0.29) is 0 Å². The van der Waals surface area contributed by atoms with Crippen LogP contribution >= 0.6 is 0 Å². The SMILES string of the molecule is CCCCCCc1ccc(C(=C(C)C(=C=[N+]=[N-])CCCC)c2ccc(CCCC)cc2)cc1. The van der Waals surface area contributed by atoms with Crippen molar-refractivity contribution in [3.8, 4) is 0 Å². The third-order valence-corrected chi connectivity index (χ3v) is 6.42. The van der Waals surface area contributed by atoms with Crippen LogP contribution in [0.1, 0.15) is 108 Å². The summed E-state index contributed by atoms with van der Waals surface area (Å²) in [5.74, 6) is 2.87. The molecule has 0 aliphatic carbocycles. The van der Waals surface area contributed by atoms with Crippen LogP contribution in [0.15, 0.2) is 59.7 Å².